The normalized spacial score (nSPS) is 16.6. The maximum absolute atomic E-state index is 5.81. The topological polar surface area (TPSA) is 48.1 Å². The summed E-state index contributed by atoms with van der Waals surface area (Å²) in [4.78, 5) is 5.80. The fraction of sp³-hybridized carbons (Fsp3) is 0.310. The fourth-order valence-electron chi connectivity index (χ4n) is 4.61. The van der Waals surface area contributed by atoms with Crippen LogP contribution in [0.1, 0.15) is 35.1 Å². The smallest absolute Gasteiger partial charge is 0.206 e. The highest BCUT2D eigenvalue weighted by molar-refractivity contribution is 7.07. The molecule has 0 bridgehead atoms. The van der Waals surface area contributed by atoms with Crippen molar-refractivity contribution in [1.29, 1.82) is 0 Å². The molecule has 180 valence electrons. The van der Waals surface area contributed by atoms with Crippen LogP contribution in [0.5, 0.6) is 5.75 Å². The van der Waals surface area contributed by atoms with E-state index in [-0.39, 0.29) is 6.10 Å². The Labute approximate surface area is 210 Å². The average Bonchev–Trinajstić information content (AvgIpc) is 3.53. The van der Waals surface area contributed by atoms with Crippen molar-refractivity contribution < 1.29 is 9.47 Å². The van der Waals surface area contributed by atoms with Crippen LogP contribution in [0.2, 0.25) is 0 Å². The van der Waals surface area contributed by atoms with E-state index in [4.69, 9.17) is 19.6 Å². The Morgan fingerprint density at radius 2 is 1.91 bits per heavy atom. The molecule has 0 spiro atoms. The minimum absolute atomic E-state index is 0.194. The van der Waals surface area contributed by atoms with Gasteiger partial charge in [-0.2, -0.15) is 5.10 Å². The number of hydrogen-bond donors (Lipinski definition) is 0. The van der Waals surface area contributed by atoms with Crippen LogP contribution in [0, 0.1) is 20.8 Å². The van der Waals surface area contributed by atoms with Gasteiger partial charge in [0.25, 0.3) is 0 Å². The van der Waals surface area contributed by atoms with Gasteiger partial charge in [0.2, 0.25) is 4.80 Å². The van der Waals surface area contributed by atoms with E-state index >= 15 is 0 Å². The number of nitrogens with zero attached hydrogens (tertiary/aromatic N) is 3. The highest BCUT2D eigenvalue weighted by Crippen LogP contribution is 2.29. The first-order valence-corrected chi connectivity index (χ1v) is 12.9. The Balaban J connectivity index is 1.65. The summed E-state index contributed by atoms with van der Waals surface area (Å²) in [5.74, 6) is 0.796. The van der Waals surface area contributed by atoms with Gasteiger partial charge in [-0.15, -0.1) is 11.3 Å². The summed E-state index contributed by atoms with van der Waals surface area (Å²) >= 11 is 1.62. The summed E-state index contributed by atoms with van der Waals surface area (Å²) in [5, 5.41) is 9.41. The summed E-state index contributed by atoms with van der Waals surface area (Å²) in [6.45, 7) is 7.95. The number of benzene rings is 3. The largest absolute Gasteiger partial charge is 0.496 e. The highest BCUT2D eigenvalue weighted by Gasteiger charge is 2.16. The summed E-state index contributed by atoms with van der Waals surface area (Å²) < 4.78 is 13.5. The van der Waals surface area contributed by atoms with Crippen LogP contribution in [0.15, 0.2) is 64.0 Å². The SMILES string of the molecule is COc1ccc2ccccc2c1C=Nn1c(-c2cc(C)c(C)cc2C)csc1=NC[C@H]1CCCO1. The summed E-state index contributed by atoms with van der Waals surface area (Å²) in [6.07, 6.45) is 4.27. The molecule has 1 aliphatic rings. The number of methoxy groups -OCH3 is 1. The first-order chi connectivity index (χ1) is 17.0. The Morgan fingerprint density at radius 1 is 1.09 bits per heavy atom. The second-order valence-corrected chi connectivity index (χ2v) is 9.93. The summed E-state index contributed by atoms with van der Waals surface area (Å²) in [5.41, 5.74) is 6.95. The predicted molar refractivity (Wildman–Crippen MR) is 145 cm³/mol. The molecule has 0 N–H and O–H groups in total. The van der Waals surface area contributed by atoms with E-state index in [2.05, 4.69) is 56.5 Å². The van der Waals surface area contributed by atoms with Gasteiger partial charge in [-0.3, -0.25) is 4.99 Å². The van der Waals surface area contributed by atoms with Crippen LogP contribution in [-0.2, 0) is 4.74 Å². The summed E-state index contributed by atoms with van der Waals surface area (Å²) in [6, 6.07) is 16.9. The van der Waals surface area contributed by atoms with Crippen molar-refractivity contribution in [2.24, 2.45) is 10.1 Å². The zero-order valence-electron chi connectivity index (χ0n) is 20.7. The number of hydrogen-bond acceptors (Lipinski definition) is 5. The molecular formula is C29H31N3O2S. The van der Waals surface area contributed by atoms with Gasteiger partial charge in [0.05, 0.1) is 31.7 Å². The molecule has 0 unspecified atom stereocenters. The first kappa shape index (κ1) is 23.5. The minimum atomic E-state index is 0.194. The van der Waals surface area contributed by atoms with Gasteiger partial charge in [-0.1, -0.05) is 36.4 Å². The Kier molecular flexibility index (Phi) is 6.84. The molecule has 1 fully saturated rings. The maximum atomic E-state index is 5.81. The molecule has 6 heteroatoms. The second kappa shape index (κ2) is 10.2. The van der Waals surface area contributed by atoms with Crippen molar-refractivity contribution in [1.82, 2.24) is 4.68 Å². The van der Waals surface area contributed by atoms with E-state index in [9.17, 15) is 0 Å². The third-order valence-corrected chi connectivity index (χ3v) is 7.56. The Bertz CT molecular complexity index is 1460. The standard InChI is InChI=1S/C29H31N3O2S/c1-19-14-21(3)25(15-20(19)2)27-18-35-29(30-16-23-9-7-13-34-23)32(27)31-17-26-24-10-6-5-8-22(24)11-12-28(26)33-4/h5-6,8,10-12,14-15,17-18,23H,7,9,13,16H2,1-4H3/t23-/m1/s1. The first-order valence-electron chi connectivity index (χ1n) is 12.1. The molecular weight excluding hydrogens is 454 g/mol. The molecule has 3 aromatic carbocycles. The van der Waals surface area contributed by atoms with E-state index in [1.54, 1.807) is 18.4 Å². The molecule has 0 radical (unpaired) electrons. The van der Waals surface area contributed by atoms with Gasteiger partial charge in [0, 0.05) is 23.1 Å². The van der Waals surface area contributed by atoms with Crippen LogP contribution < -0.4 is 9.54 Å². The van der Waals surface area contributed by atoms with E-state index in [1.807, 2.05) is 29.1 Å². The van der Waals surface area contributed by atoms with Crippen LogP contribution in [0.25, 0.3) is 22.0 Å². The van der Waals surface area contributed by atoms with Crippen LogP contribution in [0.4, 0.5) is 0 Å². The summed E-state index contributed by atoms with van der Waals surface area (Å²) in [7, 11) is 1.70. The van der Waals surface area contributed by atoms with E-state index in [0.29, 0.717) is 6.54 Å². The predicted octanol–water partition coefficient (Wildman–Crippen LogP) is 6.27. The lowest BCUT2D eigenvalue weighted by Crippen LogP contribution is -2.17. The minimum Gasteiger partial charge on any atom is -0.496 e. The van der Waals surface area contributed by atoms with Gasteiger partial charge in [-0.25, -0.2) is 4.68 Å². The Hall–Kier alpha value is -3.22. The lowest BCUT2D eigenvalue weighted by molar-refractivity contribution is 0.117. The zero-order chi connectivity index (χ0) is 24.4. The number of fused-ring (bicyclic) bond motifs is 1. The van der Waals surface area contributed by atoms with Crippen molar-refractivity contribution in [2.75, 3.05) is 20.3 Å². The van der Waals surface area contributed by atoms with Gasteiger partial charge in [0.1, 0.15) is 5.75 Å². The van der Waals surface area contributed by atoms with Crippen LogP contribution in [0.3, 0.4) is 0 Å². The fourth-order valence-corrected chi connectivity index (χ4v) is 5.45. The van der Waals surface area contributed by atoms with Crippen LogP contribution >= 0.6 is 11.3 Å². The third-order valence-electron chi connectivity index (χ3n) is 6.71. The average molecular weight is 486 g/mol. The molecule has 0 amide bonds. The van der Waals surface area contributed by atoms with Gasteiger partial charge < -0.3 is 9.47 Å². The molecule has 5 nitrogen and oxygen atoms in total. The molecule has 1 aliphatic heterocycles. The lowest BCUT2D eigenvalue weighted by Gasteiger charge is -2.12. The number of ether oxygens (including phenoxy) is 2. The van der Waals surface area contributed by atoms with E-state index in [1.165, 1.54) is 22.3 Å². The molecule has 0 saturated carbocycles. The second-order valence-electron chi connectivity index (χ2n) is 9.09. The maximum Gasteiger partial charge on any atom is 0.206 e. The van der Waals surface area contributed by atoms with Crippen molar-refractivity contribution in [3.05, 3.63) is 81.0 Å². The molecule has 5 rings (SSSR count). The van der Waals surface area contributed by atoms with Gasteiger partial charge in [0.15, 0.2) is 0 Å². The van der Waals surface area contributed by atoms with Crippen molar-refractivity contribution in [3.63, 3.8) is 0 Å². The molecule has 2 heterocycles. The third kappa shape index (κ3) is 4.81. The Morgan fingerprint density at radius 3 is 2.71 bits per heavy atom. The van der Waals surface area contributed by atoms with E-state index in [0.717, 1.165) is 52.0 Å². The van der Waals surface area contributed by atoms with Crippen molar-refractivity contribution >= 4 is 28.3 Å². The van der Waals surface area contributed by atoms with Crippen molar-refractivity contribution in [2.45, 2.75) is 39.7 Å². The molecule has 1 aromatic heterocycles. The quantitative estimate of drug-likeness (QED) is 0.302. The number of rotatable bonds is 6. The highest BCUT2D eigenvalue weighted by atomic mass is 32.1. The number of aryl methyl sites for hydroxylation is 3. The van der Waals surface area contributed by atoms with E-state index < -0.39 is 0 Å². The van der Waals surface area contributed by atoms with Crippen molar-refractivity contribution in [3.8, 4) is 17.0 Å². The monoisotopic (exact) mass is 485 g/mol. The zero-order valence-corrected chi connectivity index (χ0v) is 21.6. The molecule has 35 heavy (non-hydrogen) atoms. The lowest BCUT2D eigenvalue weighted by atomic mass is 9.99. The number of aromatic nitrogens is 1. The molecule has 4 aromatic rings. The molecule has 0 aliphatic carbocycles. The molecule has 1 saturated heterocycles. The molecule has 1 atom stereocenters. The van der Waals surface area contributed by atoms with Crippen LogP contribution in [-0.4, -0.2) is 37.3 Å². The van der Waals surface area contributed by atoms with Gasteiger partial charge >= 0.3 is 0 Å². The van der Waals surface area contributed by atoms with Gasteiger partial charge in [-0.05, 0) is 73.2 Å². The number of thiazole rings is 1.